The van der Waals surface area contributed by atoms with Crippen LogP contribution in [0.4, 0.5) is 0 Å². The van der Waals surface area contributed by atoms with Crippen LogP contribution in [0, 0.1) is 6.92 Å². The first-order valence-corrected chi connectivity index (χ1v) is 11.0. The summed E-state index contributed by atoms with van der Waals surface area (Å²) in [5.74, 6) is 2.42. The fourth-order valence-corrected chi connectivity index (χ4v) is 5.33. The number of nitrogens with one attached hydrogen (secondary N) is 2. The summed E-state index contributed by atoms with van der Waals surface area (Å²) in [6, 6.07) is 0. The molecule has 2 heterocycles. The molecule has 2 N–H and O–H groups in total. The van der Waals surface area contributed by atoms with Crippen molar-refractivity contribution in [3.63, 3.8) is 0 Å². The number of aliphatic imine (C=N–C) groups is 1. The minimum atomic E-state index is -3.19. The fraction of sp³-hybridized carbons (Fsp3) is 0.692. The molecular formula is C13H23N5O2S3. The van der Waals surface area contributed by atoms with E-state index in [1.54, 1.807) is 34.5 Å². The molecule has 130 valence electrons. The second kappa shape index (κ2) is 8.86. The van der Waals surface area contributed by atoms with Gasteiger partial charge in [-0.1, -0.05) is 0 Å². The minimum Gasteiger partial charge on any atom is -0.355 e. The molecule has 1 fully saturated rings. The van der Waals surface area contributed by atoms with Crippen LogP contribution in [-0.4, -0.2) is 67.6 Å². The molecule has 0 unspecified atom stereocenters. The van der Waals surface area contributed by atoms with Crippen molar-refractivity contribution in [2.24, 2.45) is 4.99 Å². The Balaban J connectivity index is 1.74. The average molecular weight is 378 g/mol. The Morgan fingerprint density at radius 1 is 1.39 bits per heavy atom. The third kappa shape index (κ3) is 5.94. The zero-order valence-electron chi connectivity index (χ0n) is 13.4. The van der Waals surface area contributed by atoms with E-state index in [1.165, 1.54) is 0 Å². The number of nitrogens with zero attached hydrogens (tertiary/aromatic N) is 3. The van der Waals surface area contributed by atoms with Crippen molar-refractivity contribution in [1.82, 2.24) is 19.9 Å². The van der Waals surface area contributed by atoms with Crippen molar-refractivity contribution >= 4 is 39.1 Å². The molecule has 10 heteroatoms. The van der Waals surface area contributed by atoms with Gasteiger partial charge in [-0.05, 0) is 6.92 Å². The molecule has 1 aliphatic rings. The van der Waals surface area contributed by atoms with Gasteiger partial charge in [0.2, 0.25) is 10.0 Å². The second-order valence-electron chi connectivity index (χ2n) is 5.04. The van der Waals surface area contributed by atoms with Gasteiger partial charge in [-0.25, -0.2) is 17.7 Å². The molecule has 0 atom stereocenters. The van der Waals surface area contributed by atoms with Gasteiger partial charge >= 0.3 is 0 Å². The molecule has 1 aliphatic heterocycles. The van der Waals surface area contributed by atoms with Gasteiger partial charge in [0.05, 0.1) is 12.3 Å². The third-order valence-electron chi connectivity index (χ3n) is 3.32. The van der Waals surface area contributed by atoms with E-state index in [-0.39, 0.29) is 5.75 Å². The quantitative estimate of drug-likeness (QED) is 0.554. The molecule has 0 amide bonds. The SMILES string of the molecule is CN=C(NCCS(=O)(=O)N1CCSCC1)NCc1ncc(C)s1. The van der Waals surface area contributed by atoms with Crippen molar-refractivity contribution in [2.75, 3.05) is 43.9 Å². The van der Waals surface area contributed by atoms with Crippen molar-refractivity contribution in [2.45, 2.75) is 13.5 Å². The summed E-state index contributed by atoms with van der Waals surface area (Å²) in [5.41, 5.74) is 0. The third-order valence-corrected chi connectivity index (χ3v) is 7.04. The fourth-order valence-electron chi connectivity index (χ4n) is 2.12. The van der Waals surface area contributed by atoms with E-state index < -0.39 is 10.0 Å². The summed E-state index contributed by atoms with van der Waals surface area (Å²) in [4.78, 5) is 9.54. The first-order valence-electron chi connectivity index (χ1n) is 7.42. The highest BCUT2D eigenvalue weighted by atomic mass is 32.2. The highest BCUT2D eigenvalue weighted by Crippen LogP contribution is 2.13. The standard InChI is InChI=1S/C13H23N5O2S3/c1-11-9-16-12(22-11)10-17-13(14-2)15-3-8-23(19,20)18-4-6-21-7-5-18/h9H,3-8,10H2,1-2H3,(H2,14,15,17). The molecule has 0 aromatic carbocycles. The van der Waals surface area contributed by atoms with Crippen LogP contribution in [0.5, 0.6) is 0 Å². The molecule has 0 aliphatic carbocycles. The molecule has 0 saturated carbocycles. The monoisotopic (exact) mass is 377 g/mol. The largest absolute Gasteiger partial charge is 0.355 e. The lowest BCUT2D eigenvalue weighted by Crippen LogP contribution is -2.44. The molecule has 1 aromatic rings. The summed E-state index contributed by atoms with van der Waals surface area (Å²) < 4.78 is 26.1. The van der Waals surface area contributed by atoms with Crippen LogP contribution < -0.4 is 10.6 Å². The number of hydrogen-bond donors (Lipinski definition) is 2. The zero-order chi connectivity index (χ0) is 16.7. The summed E-state index contributed by atoms with van der Waals surface area (Å²) in [6.45, 7) is 4.15. The number of thiazole rings is 1. The zero-order valence-corrected chi connectivity index (χ0v) is 15.9. The van der Waals surface area contributed by atoms with Crippen LogP contribution in [0.3, 0.4) is 0 Å². The van der Waals surface area contributed by atoms with Gasteiger partial charge < -0.3 is 10.6 Å². The predicted molar refractivity (Wildman–Crippen MR) is 97.7 cm³/mol. The summed E-state index contributed by atoms with van der Waals surface area (Å²) in [6.07, 6.45) is 1.83. The van der Waals surface area contributed by atoms with E-state index in [0.29, 0.717) is 32.1 Å². The average Bonchev–Trinajstić information content (AvgIpc) is 2.97. The highest BCUT2D eigenvalue weighted by Gasteiger charge is 2.23. The van der Waals surface area contributed by atoms with Gasteiger partial charge in [-0.15, -0.1) is 11.3 Å². The van der Waals surface area contributed by atoms with Gasteiger partial charge in [0.25, 0.3) is 0 Å². The maximum absolute atomic E-state index is 12.2. The second-order valence-corrected chi connectivity index (χ2v) is 9.68. The lowest BCUT2D eigenvalue weighted by Gasteiger charge is -2.25. The molecule has 0 bridgehead atoms. The van der Waals surface area contributed by atoms with Gasteiger partial charge in [0.15, 0.2) is 5.96 Å². The lowest BCUT2D eigenvalue weighted by atomic mass is 10.6. The number of sulfonamides is 1. The van der Waals surface area contributed by atoms with E-state index in [0.717, 1.165) is 21.4 Å². The Labute approximate surface area is 146 Å². The van der Waals surface area contributed by atoms with E-state index in [9.17, 15) is 8.42 Å². The van der Waals surface area contributed by atoms with Crippen LogP contribution in [0.15, 0.2) is 11.2 Å². The Kier molecular flexibility index (Phi) is 7.12. The Morgan fingerprint density at radius 2 is 2.13 bits per heavy atom. The Hall–Kier alpha value is -0.840. The maximum Gasteiger partial charge on any atom is 0.215 e. The number of thioether (sulfide) groups is 1. The van der Waals surface area contributed by atoms with Gasteiger partial charge in [0.1, 0.15) is 5.01 Å². The van der Waals surface area contributed by atoms with Crippen molar-refractivity contribution < 1.29 is 8.42 Å². The van der Waals surface area contributed by atoms with Gasteiger partial charge in [-0.2, -0.15) is 11.8 Å². The molecule has 23 heavy (non-hydrogen) atoms. The van der Waals surface area contributed by atoms with E-state index in [4.69, 9.17) is 0 Å². The van der Waals surface area contributed by atoms with E-state index >= 15 is 0 Å². The van der Waals surface area contributed by atoms with E-state index in [2.05, 4.69) is 20.6 Å². The molecule has 7 nitrogen and oxygen atoms in total. The normalized spacial score (nSPS) is 17.2. The lowest BCUT2D eigenvalue weighted by molar-refractivity contribution is 0.443. The summed E-state index contributed by atoms with van der Waals surface area (Å²) >= 11 is 3.42. The number of hydrogen-bond acceptors (Lipinski definition) is 6. The minimum absolute atomic E-state index is 0.0781. The van der Waals surface area contributed by atoms with Crippen LogP contribution >= 0.6 is 23.1 Å². The number of aryl methyl sites for hydroxylation is 1. The molecule has 1 saturated heterocycles. The molecular weight excluding hydrogens is 354 g/mol. The molecule has 1 aromatic heterocycles. The van der Waals surface area contributed by atoms with Crippen LogP contribution in [0.1, 0.15) is 9.88 Å². The van der Waals surface area contributed by atoms with Crippen LogP contribution in [0.2, 0.25) is 0 Å². The summed E-state index contributed by atoms with van der Waals surface area (Å²) in [5, 5.41) is 7.16. The molecule has 2 rings (SSSR count). The topological polar surface area (TPSA) is 86.7 Å². The van der Waals surface area contributed by atoms with Gasteiger partial charge in [0, 0.05) is 49.3 Å². The van der Waals surface area contributed by atoms with E-state index in [1.807, 2.05) is 13.1 Å². The Bertz CT molecular complexity index is 623. The highest BCUT2D eigenvalue weighted by molar-refractivity contribution is 7.99. The van der Waals surface area contributed by atoms with Crippen molar-refractivity contribution in [3.8, 4) is 0 Å². The molecule has 0 radical (unpaired) electrons. The Morgan fingerprint density at radius 3 is 2.74 bits per heavy atom. The molecule has 0 spiro atoms. The smallest absolute Gasteiger partial charge is 0.215 e. The van der Waals surface area contributed by atoms with Crippen molar-refractivity contribution in [1.29, 1.82) is 0 Å². The number of rotatable bonds is 6. The van der Waals surface area contributed by atoms with Crippen LogP contribution in [0.25, 0.3) is 0 Å². The predicted octanol–water partition coefficient (Wildman–Crippen LogP) is 0.495. The number of aromatic nitrogens is 1. The van der Waals surface area contributed by atoms with Crippen LogP contribution in [-0.2, 0) is 16.6 Å². The first kappa shape index (κ1) is 18.5. The number of guanidine groups is 1. The van der Waals surface area contributed by atoms with Crippen molar-refractivity contribution in [3.05, 3.63) is 16.1 Å². The maximum atomic E-state index is 12.2. The first-order chi connectivity index (χ1) is 11.0. The summed E-state index contributed by atoms with van der Waals surface area (Å²) in [7, 11) is -1.52. The van der Waals surface area contributed by atoms with Gasteiger partial charge in [-0.3, -0.25) is 4.99 Å².